The van der Waals surface area contributed by atoms with Crippen LogP contribution in [0, 0.1) is 0 Å². The molecule has 2 aromatic heterocycles. The summed E-state index contributed by atoms with van der Waals surface area (Å²) in [6, 6.07) is 96.0. The lowest BCUT2D eigenvalue weighted by Gasteiger charge is -2.29. The molecule has 0 radical (unpaired) electrons. The second-order valence-electron chi connectivity index (χ2n) is 17.6. The van der Waals surface area contributed by atoms with Crippen LogP contribution in [0.5, 0.6) is 0 Å². The zero-order valence-electron chi connectivity index (χ0n) is 37.7. The monoisotopic (exact) mass is 880 g/mol. The summed E-state index contributed by atoms with van der Waals surface area (Å²) in [6.07, 6.45) is 0. The van der Waals surface area contributed by atoms with Crippen LogP contribution in [0.4, 0.5) is 17.1 Å². The van der Waals surface area contributed by atoms with E-state index >= 15 is 0 Å². The molecule has 69 heavy (non-hydrogen) atoms. The maximum atomic E-state index is 6.57. The zero-order chi connectivity index (χ0) is 45.7. The van der Waals surface area contributed by atoms with Gasteiger partial charge in [-0.3, -0.25) is 0 Å². The van der Waals surface area contributed by atoms with Crippen molar-refractivity contribution in [1.29, 1.82) is 0 Å². The molecular formula is C66H44N2O. The Balaban J connectivity index is 0.908. The predicted molar refractivity (Wildman–Crippen MR) is 290 cm³/mol. The number of benzene rings is 11. The first-order chi connectivity index (χ1) is 34.2. The predicted octanol–water partition coefficient (Wildman–Crippen LogP) is 18.5. The van der Waals surface area contributed by atoms with E-state index in [1.807, 2.05) is 12.1 Å². The fraction of sp³-hybridized carbons (Fsp3) is 0. The van der Waals surface area contributed by atoms with Crippen LogP contribution in [0.1, 0.15) is 0 Å². The molecule has 13 aromatic rings. The van der Waals surface area contributed by atoms with Gasteiger partial charge in [0.15, 0.2) is 0 Å². The number of rotatable bonds is 9. The van der Waals surface area contributed by atoms with E-state index in [0.717, 1.165) is 72.5 Å². The van der Waals surface area contributed by atoms with E-state index in [0.29, 0.717) is 0 Å². The third-order valence-corrected chi connectivity index (χ3v) is 13.6. The van der Waals surface area contributed by atoms with Gasteiger partial charge in [0.05, 0.1) is 22.4 Å². The summed E-state index contributed by atoms with van der Waals surface area (Å²) < 4.78 is 8.97. The van der Waals surface area contributed by atoms with Gasteiger partial charge in [-0.1, -0.05) is 212 Å². The summed E-state index contributed by atoms with van der Waals surface area (Å²) >= 11 is 0. The summed E-state index contributed by atoms with van der Waals surface area (Å²) in [7, 11) is 0. The minimum absolute atomic E-state index is 0.891. The number of anilines is 3. The van der Waals surface area contributed by atoms with E-state index in [4.69, 9.17) is 4.42 Å². The lowest BCUT2D eigenvalue weighted by molar-refractivity contribution is 0.670. The van der Waals surface area contributed by atoms with Crippen LogP contribution in [0.3, 0.4) is 0 Å². The fourth-order valence-corrected chi connectivity index (χ4v) is 10.4. The SMILES string of the molecule is c1ccc(-c2ccccc2-c2ccccc2N(c2ccc(-c3ccc(-c4ccccc4-n4c5ccccc5c5ccccc54)cc3)cc2)c2cccc(-c3cccc4c3oc3ccccc34)c2)cc1. The fourth-order valence-electron chi connectivity index (χ4n) is 10.4. The number of aromatic nitrogens is 1. The maximum Gasteiger partial charge on any atom is 0.143 e. The largest absolute Gasteiger partial charge is 0.455 e. The minimum Gasteiger partial charge on any atom is -0.455 e. The Kier molecular flexibility index (Phi) is 9.84. The summed E-state index contributed by atoms with van der Waals surface area (Å²) in [5.41, 5.74) is 20.0. The first-order valence-electron chi connectivity index (χ1n) is 23.6. The number of nitrogens with zero attached hydrogens (tertiary/aromatic N) is 2. The highest BCUT2D eigenvalue weighted by atomic mass is 16.3. The molecule has 0 N–H and O–H groups in total. The molecule has 0 saturated heterocycles. The maximum absolute atomic E-state index is 6.57. The van der Waals surface area contributed by atoms with Crippen molar-refractivity contribution in [1.82, 2.24) is 4.57 Å². The highest BCUT2D eigenvalue weighted by Gasteiger charge is 2.21. The third kappa shape index (κ3) is 6.99. The van der Waals surface area contributed by atoms with Gasteiger partial charge in [-0.2, -0.15) is 0 Å². The first-order valence-corrected chi connectivity index (χ1v) is 23.6. The Morgan fingerprint density at radius 1 is 0.290 bits per heavy atom. The van der Waals surface area contributed by atoms with Gasteiger partial charge in [0, 0.05) is 49.6 Å². The van der Waals surface area contributed by atoms with Crippen LogP contribution in [0.2, 0.25) is 0 Å². The van der Waals surface area contributed by atoms with E-state index in [9.17, 15) is 0 Å². The molecule has 11 aromatic carbocycles. The van der Waals surface area contributed by atoms with E-state index in [1.54, 1.807) is 0 Å². The van der Waals surface area contributed by atoms with Gasteiger partial charge < -0.3 is 13.9 Å². The normalized spacial score (nSPS) is 11.5. The molecule has 0 spiro atoms. The van der Waals surface area contributed by atoms with Crippen molar-refractivity contribution in [2.24, 2.45) is 0 Å². The number of furan rings is 1. The van der Waals surface area contributed by atoms with E-state index in [1.165, 1.54) is 49.6 Å². The highest BCUT2D eigenvalue weighted by Crippen LogP contribution is 2.46. The average Bonchev–Trinajstić information content (AvgIpc) is 3.98. The molecule has 0 bridgehead atoms. The Morgan fingerprint density at radius 3 is 1.55 bits per heavy atom. The summed E-state index contributed by atoms with van der Waals surface area (Å²) in [6.45, 7) is 0. The third-order valence-electron chi connectivity index (χ3n) is 13.6. The van der Waals surface area contributed by atoms with Crippen LogP contribution in [-0.2, 0) is 0 Å². The van der Waals surface area contributed by atoms with Gasteiger partial charge >= 0.3 is 0 Å². The molecule has 0 amide bonds. The Bertz CT molecular complexity index is 3960. The first kappa shape index (κ1) is 40.1. The van der Waals surface area contributed by atoms with Crippen molar-refractivity contribution in [3.63, 3.8) is 0 Å². The molecular weight excluding hydrogens is 837 g/mol. The van der Waals surface area contributed by atoms with Crippen LogP contribution in [0.15, 0.2) is 271 Å². The molecule has 2 heterocycles. The highest BCUT2D eigenvalue weighted by molar-refractivity contribution is 6.11. The molecule has 0 fully saturated rings. The van der Waals surface area contributed by atoms with Crippen molar-refractivity contribution in [2.75, 3.05) is 4.90 Å². The number of hydrogen-bond donors (Lipinski definition) is 0. The molecule has 0 unspecified atom stereocenters. The smallest absolute Gasteiger partial charge is 0.143 e. The van der Waals surface area contributed by atoms with Gasteiger partial charge in [0.2, 0.25) is 0 Å². The molecule has 324 valence electrons. The molecule has 3 nitrogen and oxygen atoms in total. The zero-order valence-corrected chi connectivity index (χ0v) is 37.7. The quantitative estimate of drug-likeness (QED) is 0.144. The second kappa shape index (κ2) is 16.9. The van der Waals surface area contributed by atoms with E-state index in [2.05, 4.69) is 264 Å². The molecule has 0 saturated carbocycles. The number of para-hydroxylation sites is 6. The van der Waals surface area contributed by atoms with Gasteiger partial charge in [-0.05, 0) is 93.5 Å². The van der Waals surface area contributed by atoms with Crippen molar-refractivity contribution in [3.05, 3.63) is 267 Å². The summed E-state index contributed by atoms with van der Waals surface area (Å²) in [5, 5.41) is 4.75. The van der Waals surface area contributed by atoms with Crippen LogP contribution in [0.25, 0.3) is 105 Å². The molecule has 13 rings (SSSR count). The van der Waals surface area contributed by atoms with E-state index < -0.39 is 0 Å². The van der Waals surface area contributed by atoms with Gasteiger partial charge in [-0.15, -0.1) is 0 Å². The summed E-state index contributed by atoms with van der Waals surface area (Å²) in [4.78, 5) is 2.40. The van der Waals surface area contributed by atoms with Gasteiger partial charge in [0.1, 0.15) is 11.2 Å². The lowest BCUT2D eigenvalue weighted by atomic mass is 9.93. The molecule has 3 heteroatoms. The van der Waals surface area contributed by atoms with Crippen LogP contribution in [-0.4, -0.2) is 4.57 Å². The topological polar surface area (TPSA) is 21.3 Å². The average molecular weight is 881 g/mol. The Hall–Kier alpha value is -9.18. The molecule has 0 aliphatic heterocycles. The molecule has 0 atom stereocenters. The van der Waals surface area contributed by atoms with Crippen molar-refractivity contribution in [3.8, 4) is 61.3 Å². The Labute approximate surface area is 401 Å². The summed E-state index contributed by atoms with van der Waals surface area (Å²) in [5.74, 6) is 0. The Morgan fingerprint density at radius 2 is 0.797 bits per heavy atom. The van der Waals surface area contributed by atoms with Crippen molar-refractivity contribution >= 4 is 60.8 Å². The molecule has 0 aliphatic carbocycles. The number of hydrogen-bond acceptors (Lipinski definition) is 2. The second-order valence-corrected chi connectivity index (χ2v) is 17.6. The lowest BCUT2D eigenvalue weighted by Crippen LogP contribution is -2.11. The molecule has 0 aliphatic rings. The van der Waals surface area contributed by atoms with Crippen molar-refractivity contribution in [2.45, 2.75) is 0 Å². The van der Waals surface area contributed by atoms with Crippen LogP contribution >= 0.6 is 0 Å². The van der Waals surface area contributed by atoms with Gasteiger partial charge in [0.25, 0.3) is 0 Å². The van der Waals surface area contributed by atoms with Crippen LogP contribution < -0.4 is 4.90 Å². The number of fused-ring (bicyclic) bond motifs is 6. The standard InChI is InChI=1S/C66H44N2O/c1-2-18-47(19-3-1)52-22-4-5-24-55(52)56-25-7-12-32-62(56)67(51-21-16-20-49(44-51)54-29-17-30-60-59-28-10-15-35-65(59)69-66(54)60)50-42-40-46(41-43-50)45-36-38-48(39-37-45)53-23-6-11-31-61(53)68-63-33-13-8-26-57(63)58-27-9-14-34-64(58)68/h1-44H. The minimum atomic E-state index is 0.891. The van der Waals surface area contributed by atoms with Crippen molar-refractivity contribution < 1.29 is 4.42 Å². The van der Waals surface area contributed by atoms with E-state index in [-0.39, 0.29) is 0 Å². The van der Waals surface area contributed by atoms with Gasteiger partial charge in [-0.25, -0.2) is 0 Å².